The minimum absolute atomic E-state index is 0.0888. The van der Waals surface area contributed by atoms with Gasteiger partial charge in [0.1, 0.15) is 0 Å². The molecule has 0 aliphatic carbocycles. The zero-order chi connectivity index (χ0) is 21.9. The average Bonchev–Trinajstić information content (AvgIpc) is 3.28. The first kappa shape index (κ1) is 20.5. The number of carbonyl (C=O) groups excluding carboxylic acids is 2. The highest BCUT2D eigenvalue weighted by Crippen LogP contribution is 2.37. The average molecular weight is 458 g/mol. The summed E-state index contributed by atoms with van der Waals surface area (Å²) in [5, 5.41) is 7.69. The molecular formula is C25H19N3O2S2. The topological polar surface area (TPSA) is 71.1 Å². The molecule has 0 saturated carbocycles. The van der Waals surface area contributed by atoms with Gasteiger partial charge in [0.2, 0.25) is 11.8 Å². The molecule has 2 amide bonds. The summed E-state index contributed by atoms with van der Waals surface area (Å²) in [4.78, 5) is 30.4. The monoisotopic (exact) mass is 457 g/mol. The predicted octanol–water partition coefficient (Wildman–Crippen LogP) is 5.92. The first-order valence-electron chi connectivity index (χ1n) is 10.1. The fraction of sp³-hybridized carbons (Fsp3) is 0.0800. The van der Waals surface area contributed by atoms with Crippen LogP contribution in [0.1, 0.15) is 6.42 Å². The van der Waals surface area contributed by atoms with Gasteiger partial charge in [-0.15, -0.1) is 23.1 Å². The van der Waals surface area contributed by atoms with Crippen LogP contribution in [-0.4, -0.2) is 22.0 Å². The van der Waals surface area contributed by atoms with Crippen LogP contribution in [0.5, 0.6) is 0 Å². The Labute approximate surface area is 193 Å². The number of amides is 2. The highest BCUT2D eigenvalue weighted by Gasteiger charge is 2.29. The van der Waals surface area contributed by atoms with Gasteiger partial charge in [0.25, 0.3) is 0 Å². The fourth-order valence-corrected chi connectivity index (χ4v) is 5.34. The van der Waals surface area contributed by atoms with E-state index in [1.54, 1.807) is 0 Å². The van der Waals surface area contributed by atoms with Gasteiger partial charge >= 0.3 is 0 Å². The molecule has 5 rings (SSSR count). The van der Waals surface area contributed by atoms with Crippen molar-refractivity contribution in [1.29, 1.82) is 0 Å². The summed E-state index contributed by atoms with van der Waals surface area (Å²) in [6.45, 7) is 0. The van der Waals surface area contributed by atoms with Crippen molar-refractivity contribution >= 4 is 45.7 Å². The molecule has 2 heterocycles. The van der Waals surface area contributed by atoms with E-state index in [4.69, 9.17) is 0 Å². The summed E-state index contributed by atoms with van der Waals surface area (Å²) in [7, 11) is 0. The van der Waals surface area contributed by atoms with E-state index in [9.17, 15) is 9.59 Å². The van der Waals surface area contributed by atoms with Gasteiger partial charge in [-0.3, -0.25) is 9.59 Å². The van der Waals surface area contributed by atoms with Crippen molar-refractivity contribution in [2.75, 3.05) is 10.6 Å². The van der Waals surface area contributed by atoms with E-state index < -0.39 is 5.25 Å². The standard InChI is InChI=1S/C25H19N3O2S2/c29-23(14-22-24(30)26-19-8-4-5-9-21(19)32-22)28-25-27-20(15-31-25)18-12-10-17(11-13-18)16-6-2-1-3-7-16/h1-13,15,22H,14H2,(H,26,30)(H,27,28,29). The minimum Gasteiger partial charge on any atom is -0.324 e. The van der Waals surface area contributed by atoms with E-state index in [-0.39, 0.29) is 18.2 Å². The number of hydrogen-bond donors (Lipinski definition) is 2. The summed E-state index contributed by atoms with van der Waals surface area (Å²) in [5.41, 5.74) is 4.89. The Bertz CT molecular complexity index is 1270. The zero-order valence-electron chi connectivity index (χ0n) is 16.9. The number of nitrogens with zero attached hydrogens (tertiary/aromatic N) is 1. The highest BCUT2D eigenvalue weighted by atomic mass is 32.2. The van der Waals surface area contributed by atoms with Crippen molar-refractivity contribution < 1.29 is 9.59 Å². The fourth-order valence-electron chi connectivity index (χ4n) is 3.49. The number of carbonyl (C=O) groups is 2. The van der Waals surface area contributed by atoms with Gasteiger partial charge in [-0.2, -0.15) is 0 Å². The Hall–Kier alpha value is -3.42. The summed E-state index contributed by atoms with van der Waals surface area (Å²) < 4.78 is 0. The van der Waals surface area contributed by atoms with Crippen LogP contribution >= 0.6 is 23.1 Å². The van der Waals surface area contributed by atoms with Gasteiger partial charge in [-0.1, -0.05) is 66.7 Å². The van der Waals surface area contributed by atoms with E-state index in [1.165, 1.54) is 23.1 Å². The number of benzene rings is 3. The molecule has 4 aromatic rings. The third-order valence-corrected chi connectivity index (χ3v) is 7.15. The molecule has 0 bridgehead atoms. The molecule has 2 N–H and O–H groups in total. The van der Waals surface area contributed by atoms with Crippen molar-refractivity contribution in [1.82, 2.24) is 4.98 Å². The Morgan fingerprint density at radius 1 is 0.906 bits per heavy atom. The molecule has 32 heavy (non-hydrogen) atoms. The Morgan fingerprint density at radius 2 is 1.59 bits per heavy atom. The van der Waals surface area contributed by atoms with Gasteiger partial charge in [0.15, 0.2) is 5.13 Å². The molecule has 7 heteroatoms. The Kier molecular flexibility index (Phi) is 5.75. The minimum atomic E-state index is -0.463. The largest absolute Gasteiger partial charge is 0.324 e. The summed E-state index contributed by atoms with van der Waals surface area (Å²) in [5.74, 6) is -0.375. The molecule has 1 unspecified atom stereocenters. The molecule has 158 valence electrons. The molecule has 0 radical (unpaired) electrons. The number of fused-ring (bicyclic) bond motifs is 1. The lowest BCUT2D eigenvalue weighted by Crippen LogP contribution is -2.32. The predicted molar refractivity (Wildman–Crippen MR) is 131 cm³/mol. The molecule has 0 fully saturated rings. The molecular weight excluding hydrogens is 438 g/mol. The number of hydrogen-bond acceptors (Lipinski definition) is 5. The van der Waals surface area contributed by atoms with Gasteiger partial charge in [0.05, 0.1) is 16.6 Å². The smallest absolute Gasteiger partial charge is 0.238 e. The molecule has 1 aliphatic heterocycles. The number of thioether (sulfide) groups is 1. The Morgan fingerprint density at radius 3 is 2.41 bits per heavy atom. The number of thiazole rings is 1. The molecule has 1 aromatic heterocycles. The molecule has 0 spiro atoms. The summed E-state index contributed by atoms with van der Waals surface area (Å²) in [6, 6.07) is 26.0. The van der Waals surface area contributed by atoms with Crippen LogP contribution in [0.25, 0.3) is 22.4 Å². The van der Waals surface area contributed by atoms with Crippen LogP contribution in [0.2, 0.25) is 0 Å². The number of aromatic nitrogens is 1. The normalized spacial score (nSPS) is 15.0. The van der Waals surface area contributed by atoms with E-state index >= 15 is 0 Å². The van der Waals surface area contributed by atoms with Crippen LogP contribution in [0.4, 0.5) is 10.8 Å². The van der Waals surface area contributed by atoms with E-state index in [0.717, 1.165) is 33.0 Å². The molecule has 5 nitrogen and oxygen atoms in total. The maximum absolute atomic E-state index is 12.5. The van der Waals surface area contributed by atoms with Crippen LogP contribution in [-0.2, 0) is 9.59 Å². The third kappa shape index (κ3) is 4.44. The maximum Gasteiger partial charge on any atom is 0.238 e. The third-order valence-electron chi connectivity index (χ3n) is 5.12. The second kappa shape index (κ2) is 8.98. The van der Waals surface area contributed by atoms with E-state index in [0.29, 0.717) is 5.13 Å². The first-order chi connectivity index (χ1) is 15.7. The maximum atomic E-state index is 12.5. The quantitative estimate of drug-likeness (QED) is 0.390. The Balaban J connectivity index is 1.23. The van der Waals surface area contributed by atoms with Gasteiger partial charge in [-0.25, -0.2) is 4.98 Å². The van der Waals surface area contributed by atoms with Crippen LogP contribution in [0.15, 0.2) is 89.1 Å². The van der Waals surface area contributed by atoms with Gasteiger partial charge < -0.3 is 10.6 Å². The first-order valence-corrected chi connectivity index (χ1v) is 11.9. The number of nitrogens with one attached hydrogen (secondary N) is 2. The van der Waals surface area contributed by atoms with E-state index in [2.05, 4.69) is 39.9 Å². The van der Waals surface area contributed by atoms with Gasteiger partial charge in [-0.05, 0) is 23.3 Å². The highest BCUT2D eigenvalue weighted by molar-refractivity contribution is 8.01. The lowest BCUT2D eigenvalue weighted by atomic mass is 10.0. The van der Waals surface area contributed by atoms with Crippen LogP contribution in [0, 0.1) is 0 Å². The van der Waals surface area contributed by atoms with Crippen molar-refractivity contribution in [3.05, 3.63) is 84.2 Å². The van der Waals surface area contributed by atoms with Gasteiger partial charge in [0, 0.05) is 22.3 Å². The van der Waals surface area contributed by atoms with Crippen molar-refractivity contribution in [3.63, 3.8) is 0 Å². The molecule has 1 aliphatic rings. The molecule has 1 atom stereocenters. The SMILES string of the molecule is O=C(CC1Sc2ccccc2NC1=O)Nc1nc(-c2ccc(-c3ccccc3)cc2)cs1. The summed E-state index contributed by atoms with van der Waals surface area (Å²) in [6.07, 6.45) is 0.0888. The zero-order valence-corrected chi connectivity index (χ0v) is 18.6. The van der Waals surface area contributed by atoms with Crippen LogP contribution < -0.4 is 10.6 Å². The van der Waals surface area contributed by atoms with Crippen molar-refractivity contribution in [3.8, 4) is 22.4 Å². The second-order valence-electron chi connectivity index (χ2n) is 7.33. The lowest BCUT2D eigenvalue weighted by molar-refractivity contribution is -0.120. The lowest BCUT2D eigenvalue weighted by Gasteiger charge is -2.23. The summed E-state index contributed by atoms with van der Waals surface area (Å²) >= 11 is 2.79. The number of para-hydroxylation sites is 1. The van der Waals surface area contributed by atoms with Crippen molar-refractivity contribution in [2.45, 2.75) is 16.6 Å². The second-order valence-corrected chi connectivity index (χ2v) is 9.43. The molecule has 3 aromatic carbocycles. The van der Waals surface area contributed by atoms with Crippen molar-refractivity contribution in [2.24, 2.45) is 0 Å². The number of anilines is 2. The molecule has 0 saturated heterocycles. The van der Waals surface area contributed by atoms with Crippen LogP contribution in [0.3, 0.4) is 0 Å². The van der Waals surface area contributed by atoms with E-state index in [1.807, 2.05) is 60.0 Å². The number of rotatable bonds is 5.